The summed E-state index contributed by atoms with van der Waals surface area (Å²) in [6.45, 7) is 16.6. The molecule has 0 radical (unpaired) electrons. The van der Waals surface area contributed by atoms with Gasteiger partial charge in [-0.25, -0.2) is 0 Å². The van der Waals surface area contributed by atoms with Crippen LogP contribution in [0.25, 0.3) is 0 Å². The summed E-state index contributed by atoms with van der Waals surface area (Å²) in [6, 6.07) is 0. The maximum atomic E-state index is 12.0. The normalized spacial score (nSPS) is 58.6. The number of fused-ring (bicyclic) bond motifs is 4. The highest BCUT2D eigenvalue weighted by Gasteiger charge is 2.80. The van der Waals surface area contributed by atoms with Crippen molar-refractivity contribution in [2.75, 3.05) is 13.2 Å². The molecular weight excluding hydrogens is 548 g/mol. The van der Waals surface area contributed by atoms with Crippen molar-refractivity contribution in [2.24, 2.45) is 45.3 Å². The van der Waals surface area contributed by atoms with Gasteiger partial charge < -0.3 is 39.4 Å². The summed E-state index contributed by atoms with van der Waals surface area (Å²) in [7, 11) is 0. The molecule has 0 amide bonds. The molecule has 3 saturated heterocycles. The maximum absolute atomic E-state index is 12.0. The van der Waals surface area contributed by atoms with E-state index in [0.717, 1.165) is 51.6 Å². The van der Waals surface area contributed by atoms with Gasteiger partial charge in [0.15, 0.2) is 12.1 Å². The molecule has 4 saturated carbocycles. The lowest BCUT2D eigenvalue weighted by Gasteiger charge is -2.70. The van der Waals surface area contributed by atoms with Crippen LogP contribution in [0.15, 0.2) is 11.6 Å². The van der Waals surface area contributed by atoms with E-state index in [9.17, 15) is 20.4 Å². The third kappa shape index (κ3) is 4.09. The average molecular weight is 605 g/mol. The zero-order valence-corrected chi connectivity index (χ0v) is 27.3. The summed E-state index contributed by atoms with van der Waals surface area (Å²) in [4.78, 5) is 0. The summed E-state index contributed by atoms with van der Waals surface area (Å²) < 4.78 is 25.8. The lowest BCUT2D eigenvalue weighted by molar-refractivity contribution is -0.341. The van der Waals surface area contributed by atoms with Gasteiger partial charge in [-0.2, -0.15) is 0 Å². The molecule has 244 valence electrons. The van der Waals surface area contributed by atoms with Gasteiger partial charge in [-0.3, -0.25) is 0 Å². The monoisotopic (exact) mass is 604 g/mol. The Labute approximate surface area is 257 Å². The SMILES string of the molecule is CC(C)=C[C@H]1C[C@](C)(O)[C@@H]2[C@H]3CC[C@@H]4[C@@]5(C)CC[C@H](O[C@@H]6OC[C@H](O)[C@H](O)[C@H]6O)C(C)(C)[C@@H]5CC[C@@]4(C)[C@@]34COC2(C4)O1. The first kappa shape index (κ1) is 31.0. The van der Waals surface area contributed by atoms with Crippen molar-refractivity contribution in [1.82, 2.24) is 0 Å². The van der Waals surface area contributed by atoms with Crippen molar-refractivity contribution in [3.63, 3.8) is 0 Å². The van der Waals surface area contributed by atoms with Crippen molar-refractivity contribution in [1.29, 1.82) is 0 Å². The number of hydrogen-bond donors (Lipinski definition) is 4. The molecular formula is C35H56O8. The van der Waals surface area contributed by atoms with Crippen molar-refractivity contribution < 1.29 is 39.4 Å². The van der Waals surface area contributed by atoms with E-state index >= 15 is 0 Å². The van der Waals surface area contributed by atoms with Crippen LogP contribution in [0.1, 0.15) is 99.8 Å². The molecule has 2 spiro atoms. The number of ether oxygens (including phenoxy) is 4. The summed E-state index contributed by atoms with van der Waals surface area (Å²) >= 11 is 0. The number of aliphatic hydroxyl groups excluding tert-OH is 3. The van der Waals surface area contributed by atoms with Crippen LogP contribution in [0.2, 0.25) is 0 Å². The molecule has 1 unspecified atom stereocenters. The molecule has 7 aliphatic rings. The minimum Gasteiger partial charge on any atom is -0.390 e. The van der Waals surface area contributed by atoms with Gasteiger partial charge in [0, 0.05) is 24.2 Å². The predicted octanol–water partition coefficient (Wildman–Crippen LogP) is 4.32. The largest absolute Gasteiger partial charge is 0.390 e. The van der Waals surface area contributed by atoms with Crippen LogP contribution in [0.5, 0.6) is 0 Å². The van der Waals surface area contributed by atoms with Crippen LogP contribution in [-0.2, 0) is 18.9 Å². The Kier molecular flexibility index (Phi) is 7.02. The average Bonchev–Trinajstić information content (AvgIpc) is 3.42. The molecule has 8 heteroatoms. The summed E-state index contributed by atoms with van der Waals surface area (Å²) in [6.07, 6.45) is 5.20. The second-order valence-electron chi connectivity index (χ2n) is 17.4. The van der Waals surface area contributed by atoms with Crippen LogP contribution in [-0.4, -0.2) is 81.8 Å². The van der Waals surface area contributed by atoms with Crippen molar-refractivity contribution in [3.8, 4) is 0 Å². The van der Waals surface area contributed by atoms with Crippen molar-refractivity contribution in [2.45, 2.75) is 148 Å². The Bertz CT molecular complexity index is 1150. The van der Waals surface area contributed by atoms with Gasteiger partial charge in [-0.05, 0) is 93.3 Å². The Morgan fingerprint density at radius 2 is 1.65 bits per heavy atom. The fourth-order valence-electron chi connectivity index (χ4n) is 12.9. The quantitative estimate of drug-likeness (QED) is 0.278. The number of rotatable bonds is 3. The molecule has 4 aliphatic carbocycles. The van der Waals surface area contributed by atoms with Crippen LogP contribution in [0, 0.1) is 45.3 Å². The molecule has 7 rings (SSSR count). The van der Waals surface area contributed by atoms with Crippen molar-refractivity contribution >= 4 is 0 Å². The molecule has 7 fully saturated rings. The smallest absolute Gasteiger partial charge is 0.186 e. The van der Waals surface area contributed by atoms with E-state index in [4.69, 9.17) is 18.9 Å². The maximum Gasteiger partial charge on any atom is 0.186 e. The van der Waals surface area contributed by atoms with E-state index in [0.29, 0.717) is 24.2 Å². The summed E-state index contributed by atoms with van der Waals surface area (Å²) in [5.41, 5.74) is 0.410. The Balaban J connectivity index is 1.17. The second-order valence-corrected chi connectivity index (χ2v) is 17.4. The van der Waals surface area contributed by atoms with E-state index in [1.807, 2.05) is 6.92 Å². The molecule has 43 heavy (non-hydrogen) atoms. The standard InChI is InChI=1S/C35H56O8/c1-19(2)14-20-15-33(7,39)28-21-8-9-24-31(5)12-11-25(42-29-27(38)26(37)22(36)16-40-29)30(3,4)23(31)10-13-32(24,6)34(21)17-35(28,43-20)41-18-34/h14,20-29,36-39H,8-13,15-18H2,1-7H3/t20-,21+,22-,23-,24+,25-,26-,27+,28-,29-,31-,32+,33-,34-,35?/m0/s1. The van der Waals surface area contributed by atoms with Gasteiger partial charge in [0.05, 0.1) is 31.0 Å². The van der Waals surface area contributed by atoms with E-state index in [2.05, 4.69) is 47.6 Å². The Hall–Kier alpha value is -0.580. The summed E-state index contributed by atoms with van der Waals surface area (Å²) in [5.74, 6) is 0.645. The Morgan fingerprint density at radius 1 is 0.907 bits per heavy atom. The summed E-state index contributed by atoms with van der Waals surface area (Å²) in [5, 5.41) is 42.8. The first-order chi connectivity index (χ1) is 20.0. The predicted molar refractivity (Wildman–Crippen MR) is 160 cm³/mol. The third-order valence-electron chi connectivity index (χ3n) is 14.5. The van der Waals surface area contributed by atoms with Gasteiger partial charge in [0.1, 0.15) is 18.3 Å². The molecule has 15 atom stereocenters. The van der Waals surface area contributed by atoms with Crippen LogP contribution >= 0.6 is 0 Å². The van der Waals surface area contributed by atoms with E-state index < -0.39 is 36.0 Å². The highest BCUT2D eigenvalue weighted by molar-refractivity contribution is 5.26. The minimum atomic E-state index is -1.27. The lowest BCUT2D eigenvalue weighted by atomic mass is 9.35. The molecule has 3 aliphatic heterocycles. The highest BCUT2D eigenvalue weighted by atomic mass is 16.7. The zero-order valence-electron chi connectivity index (χ0n) is 27.3. The highest BCUT2D eigenvalue weighted by Crippen LogP contribution is 2.80. The molecule has 8 nitrogen and oxygen atoms in total. The van der Waals surface area contributed by atoms with Gasteiger partial charge in [-0.15, -0.1) is 0 Å². The molecule has 0 aromatic heterocycles. The van der Waals surface area contributed by atoms with Gasteiger partial charge >= 0.3 is 0 Å². The minimum absolute atomic E-state index is 0.00441. The van der Waals surface area contributed by atoms with Gasteiger partial charge in [-0.1, -0.05) is 39.3 Å². The van der Waals surface area contributed by atoms with Gasteiger partial charge in [0.25, 0.3) is 0 Å². The first-order valence-electron chi connectivity index (χ1n) is 17.0. The van der Waals surface area contributed by atoms with E-state index in [1.54, 1.807) is 0 Å². The number of hydrogen-bond acceptors (Lipinski definition) is 8. The van der Waals surface area contributed by atoms with Crippen molar-refractivity contribution in [3.05, 3.63) is 11.6 Å². The molecule has 4 N–H and O–H groups in total. The van der Waals surface area contributed by atoms with Crippen LogP contribution < -0.4 is 0 Å². The second kappa shape index (κ2) is 9.72. The Morgan fingerprint density at radius 3 is 2.37 bits per heavy atom. The lowest BCUT2D eigenvalue weighted by Crippen LogP contribution is -2.67. The third-order valence-corrected chi connectivity index (χ3v) is 14.5. The van der Waals surface area contributed by atoms with E-state index in [1.165, 1.54) is 5.57 Å². The van der Waals surface area contributed by atoms with Crippen LogP contribution in [0.4, 0.5) is 0 Å². The molecule has 3 heterocycles. The van der Waals surface area contributed by atoms with Gasteiger partial charge in [0.2, 0.25) is 0 Å². The zero-order chi connectivity index (χ0) is 31.0. The molecule has 0 aromatic carbocycles. The fourth-order valence-corrected chi connectivity index (χ4v) is 12.9. The molecule has 2 bridgehead atoms. The molecule has 0 aromatic rings. The van der Waals surface area contributed by atoms with E-state index in [-0.39, 0.29) is 46.4 Å². The van der Waals surface area contributed by atoms with Crippen LogP contribution in [0.3, 0.4) is 0 Å². The number of aliphatic hydroxyl groups is 4. The topological polar surface area (TPSA) is 118 Å². The first-order valence-corrected chi connectivity index (χ1v) is 17.0. The fraction of sp³-hybridized carbons (Fsp3) is 0.943. The number of allylic oxidation sites excluding steroid dienone is 1.